The second-order valence-electron chi connectivity index (χ2n) is 4.87. The average Bonchev–Trinajstić information content (AvgIpc) is 2.39. The molecule has 2 fully saturated rings. The van der Waals surface area contributed by atoms with Crippen LogP contribution >= 0.6 is 11.8 Å². The van der Waals surface area contributed by atoms with Gasteiger partial charge in [0.15, 0.2) is 17.5 Å². The van der Waals surface area contributed by atoms with E-state index in [1.54, 1.807) is 6.92 Å². The van der Waals surface area contributed by atoms with Crippen molar-refractivity contribution in [3.63, 3.8) is 0 Å². The highest BCUT2D eigenvalue weighted by atomic mass is 32.2. The number of ketones is 2. The molecule has 4 nitrogen and oxygen atoms in total. The summed E-state index contributed by atoms with van der Waals surface area (Å²) in [6.45, 7) is 1.83. The van der Waals surface area contributed by atoms with Gasteiger partial charge in [-0.05, 0) is 30.3 Å². The van der Waals surface area contributed by atoms with Crippen LogP contribution in [0.2, 0.25) is 0 Å². The largest absolute Gasteiger partial charge is 0.464 e. The molecule has 0 bridgehead atoms. The zero-order valence-corrected chi connectivity index (χ0v) is 11.3. The van der Waals surface area contributed by atoms with Crippen LogP contribution in [0.4, 0.5) is 0 Å². The lowest BCUT2D eigenvalue weighted by atomic mass is 9.79. The minimum absolute atomic E-state index is 0.163. The van der Waals surface area contributed by atoms with Gasteiger partial charge in [0, 0.05) is 6.42 Å². The molecule has 0 radical (unpaired) electrons. The first-order chi connectivity index (χ1) is 8.65. The van der Waals surface area contributed by atoms with Crippen molar-refractivity contribution in [2.45, 2.75) is 26.2 Å². The van der Waals surface area contributed by atoms with Crippen molar-refractivity contribution < 1.29 is 19.1 Å². The molecule has 0 spiro atoms. The number of hydrogen-bond acceptors (Lipinski definition) is 5. The Labute approximate surface area is 111 Å². The van der Waals surface area contributed by atoms with E-state index in [1.807, 2.05) is 11.8 Å². The number of thioether (sulfide) groups is 1. The number of esters is 1. The summed E-state index contributed by atoms with van der Waals surface area (Å²) >= 11 is 1.84. The van der Waals surface area contributed by atoms with E-state index < -0.39 is 11.9 Å². The quantitative estimate of drug-likeness (QED) is 0.574. The van der Waals surface area contributed by atoms with Crippen LogP contribution in [0.3, 0.4) is 0 Å². The molecule has 0 amide bonds. The Bertz CT molecular complexity index is 352. The van der Waals surface area contributed by atoms with Crippen LogP contribution in [0.25, 0.3) is 0 Å². The summed E-state index contributed by atoms with van der Waals surface area (Å²) in [5.41, 5.74) is 0. The summed E-state index contributed by atoms with van der Waals surface area (Å²) in [6, 6.07) is 0. The smallest absolute Gasteiger partial charge is 0.324 e. The van der Waals surface area contributed by atoms with Crippen LogP contribution in [0, 0.1) is 17.8 Å². The van der Waals surface area contributed by atoms with Crippen molar-refractivity contribution in [3.05, 3.63) is 0 Å². The first-order valence-corrected chi connectivity index (χ1v) is 7.61. The Kier molecular flexibility index (Phi) is 4.43. The van der Waals surface area contributed by atoms with E-state index >= 15 is 0 Å². The molecule has 0 aromatic heterocycles. The van der Waals surface area contributed by atoms with Crippen LogP contribution in [-0.2, 0) is 19.1 Å². The zero-order valence-electron chi connectivity index (χ0n) is 10.5. The molecule has 0 N–H and O–H groups in total. The van der Waals surface area contributed by atoms with Crippen molar-refractivity contribution >= 4 is 29.3 Å². The third-order valence-electron chi connectivity index (χ3n) is 3.73. The standard InChI is InChI=1S/C13H18O4S/c1-2-10(14)11-12(15)9(6-17-13(11)16)8-4-3-5-18-7-8/h8-9,11H,2-7H2,1H3. The molecular weight excluding hydrogens is 252 g/mol. The summed E-state index contributed by atoms with van der Waals surface area (Å²) in [6.07, 6.45) is 2.30. The van der Waals surface area contributed by atoms with Gasteiger partial charge in [-0.1, -0.05) is 6.92 Å². The summed E-state index contributed by atoms with van der Waals surface area (Å²) in [4.78, 5) is 35.6. The first-order valence-electron chi connectivity index (χ1n) is 6.46. The number of cyclic esters (lactones) is 1. The molecule has 2 aliphatic rings. The first kappa shape index (κ1) is 13.6. The highest BCUT2D eigenvalue weighted by molar-refractivity contribution is 7.99. The van der Waals surface area contributed by atoms with Crippen LogP contribution in [0.5, 0.6) is 0 Å². The van der Waals surface area contributed by atoms with Gasteiger partial charge in [-0.25, -0.2) is 0 Å². The average molecular weight is 270 g/mol. The summed E-state index contributed by atoms with van der Waals surface area (Å²) in [5, 5.41) is 0. The molecular formula is C13H18O4S. The van der Waals surface area contributed by atoms with E-state index in [4.69, 9.17) is 4.74 Å². The summed E-state index contributed by atoms with van der Waals surface area (Å²) in [5.74, 6) is -0.251. The fourth-order valence-electron chi connectivity index (χ4n) is 2.61. The van der Waals surface area contributed by atoms with Crippen molar-refractivity contribution in [3.8, 4) is 0 Å². The molecule has 2 saturated heterocycles. The predicted molar refractivity (Wildman–Crippen MR) is 68.3 cm³/mol. The number of ether oxygens (including phenoxy) is 1. The molecule has 2 aliphatic heterocycles. The summed E-state index contributed by atoms with van der Waals surface area (Å²) in [7, 11) is 0. The molecule has 0 aromatic rings. The minimum atomic E-state index is -1.15. The molecule has 0 saturated carbocycles. The fourth-order valence-corrected chi connectivity index (χ4v) is 3.85. The van der Waals surface area contributed by atoms with E-state index in [-0.39, 0.29) is 36.4 Å². The highest BCUT2D eigenvalue weighted by Crippen LogP contribution is 2.33. The van der Waals surface area contributed by atoms with Crippen molar-refractivity contribution in [2.24, 2.45) is 17.8 Å². The lowest BCUT2D eigenvalue weighted by Gasteiger charge is -2.33. The van der Waals surface area contributed by atoms with Crippen LogP contribution < -0.4 is 0 Å². The third-order valence-corrected chi connectivity index (χ3v) is 4.97. The molecule has 3 atom stereocenters. The van der Waals surface area contributed by atoms with E-state index in [0.717, 1.165) is 24.3 Å². The van der Waals surface area contributed by atoms with Gasteiger partial charge >= 0.3 is 5.97 Å². The van der Waals surface area contributed by atoms with Gasteiger partial charge < -0.3 is 4.74 Å². The number of carbonyl (C=O) groups excluding carboxylic acids is 3. The Morgan fingerprint density at radius 1 is 1.44 bits per heavy atom. The van der Waals surface area contributed by atoms with Gasteiger partial charge in [0.25, 0.3) is 0 Å². The molecule has 2 heterocycles. The molecule has 5 heteroatoms. The number of rotatable bonds is 3. The number of hydrogen-bond donors (Lipinski definition) is 0. The lowest BCUT2D eigenvalue weighted by molar-refractivity contribution is -0.165. The normalized spacial score (nSPS) is 33.1. The molecule has 2 rings (SSSR count). The number of carbonyl (C=O) groups is 3. The third kappa shape index (κ3) is 2.60. The van der Waals surface area contributed by atoms with E-state index in [1.165, 1.54) is 0 Å². The highest BCUT2D eigenvalue weighted by Gasteiger charge is 2.45. The van der Waals surface area contributed by atoms with Crippen LogP contribution in [0.1, 0.15) is 26.2 Å². The van der Waals surface area contributed by atoms with Gasteiger partial charge in [0.05, 0.1) is 5.92 Å². The molecule has 100 valence electrons. The maximum atomic E-state index is 12.3. The minimum Gasteiger partial charge on any atom is -0.464 e. The van der Waals surface area contributed by atoms with E-state index in [0.29, 0.717) is 0 Å². The van der Waals surface area contributed by atoms with Gasteiger partial charge in [0.1, 0.15) is 6.61 Å². The van der Waals surface area contributed by atoms with Gasteiger partial charge in [0.2, 0.25) is 0 Å². The van der Waals surface area contributed by atoms with E-state index in [2.05, 4.69) is 0 Å². The van der Waals surface area contributed by atoms with Crippen molar-refractivity contribution in [1.29, 1.82) is 0 Å². The number of Topliss-reactive ketones (excluding diaryl/α,β-unsaturated/α-hetero) is 2. The Balaban J connectivity index is 2.11. The van der Waals surface area contributed by atoms with Crippen molar-refractivity contribution in [2.75, 3.05) is 18.1 Å². The zero-order chi connectivity index (χ0) is 13.1. The molecule has 18 heavy (non-hydrogen) atoms. The van der Waals surface area contributed by atoms with Crippen molar-refractivity contribution in [1.82, 2.24) is 0 Å². The topological polar surface area (TPSA) is 60.4 Å². The van der Waals surface area contributed by atoms with Gasteiger partial charge in [-0.3, -0.25) is 14.4 Å². The Hall–Kier alpha value is -0.840. The molecule has 3 unspecified atom stereocenters. The molecule has 0 aromatic carbocycles. The Morgan fingerprint density at radius 3 is 2.83 bits per heavy atom. The fraction of sp³-hybridized carbons (Fsp3) is 0.769. The van der Waals surface area contributed by atoms with Gasteiger partial charge in [-0.2, -0.15) is 11.8 Å². The SMILES string of the molecule is CCC(=O)C1C(=O)OCC(C2CCCSC2)C1=O. The van der Waals surface area contributed by atoms with Crippen LogP contribution in [0.15, 0.2) is 0 Å². The van der Waals surface area contributed by atoms with E-state index in [9.17, 15) is 14.4 Å². The lowest BCUT2D eigenvalue weighted by Crippen LogP contribution is -2.47. The maximum Gasteiger partial charge on any atom is 0.324 e. The summed E-state index contributed by atoms with van der Waals surface area (Å²) < 4.78 is 5.06. The maximum absolute atomic E-state index is 12.3. The predicted octanol–water partition coefficient (Wildman–Crippen LogP) is 1.47. The van der Waals surface area contributed by atoms with Crippen LogP contribution in [-0.4, -0.2) is 35.6 Å². The van der Waals surface area contributed by atoms with Gasteiger partial charge in [-0.15, -0.1) is 0 Å². The molecule has 0 aliphatic carbocycles. The Morgan fingerprint density at radius 2 is 2.22 bits per heavy atom. The second kappa shape index (κ2) is 5.87. The monoisotopic (exact) mass is 270 g/mol. The second-order valence-corrected chi connectivity index (χ2v) is 6.02.